The number of rotatable bonds is 4. The molecule has 1 aromatic carbocycles. The zero-order valence-electron chi connectivity index (χ0n) is 9.75. The molecule has 0 N–H and O–H groups in total. The molecule has 0 aliphatic heterocycles. The maximum absolute atomic E-state index is 5.57. The van der Waals surface area contributed by atoms with Gasteiger partial charge in [-0.3, -0.25) is 0 Å². The van der Waals surface area contributed by atoms with E-state index in [1.54, 1.807) is 39.5 Å². The van der Waals surface area contributed by atoms with Crippen molar-refractivity contribution in [1.29, 1.82) is 0 Å². The Kier molecular flexibility index (Phi) is 3.08. The third kappa shape index (κ3) is 2.12. The first kappa shape index (κ1) is 11.2. The topological polar surface area (TPSA) is 71.3 Å². The molecule has 0 unspecified atom stereocenters. The van der Waals surface area contributed by atoms with Gasteiger partial charge in [0.25, 0.3) is 0 Å². The summed E-state index contributed by atoms with van der Waals surface area (Å²) >= 11 is 0. The van der Waals surface area contributed by atoms with E-state index in [1.165, 1.54) is 4.68 Å². The fourth-order valence-electron chi connectivity index (χ4n) is 1.32. The van der Waals surface area contributed by atoms with Gasteiger partial charge in [-0.15, -0.1) is 0 Å². The normalized spacial score (nSPS) is 10.1. The summed E-state index contributed by atoms with van der Waals surface area (Å²) in [6, 6.07) is 5.59. The second-order valence-corrected chi connectivity index (χ2v) is 3.18. The molecule has 0 spiro atoms. The first-order chi connectivity index (χ1) is 8.26. The van der Waals surface area contributed by atoms with Gasteiger partial charge in [-0.1, -0.05) is 11.2 Å². The molecule has 0 atom stereocenters. The Morgan fingerprint density at radius 1 is 1.12 bits per heavy atom. The van der Waals surface area contributed by atoms with Crippen molar-refractivity contribution < 1.29 is 14.2 Å². The lowest BCUT2D eigenvalue weighted by Gasteiger charge is -2.12. The van der Waals surface area contributed by atoms with E-state index in [9.17, 15) is 0 Å². The molecule has 7 heteroatoms. The minimum absolute atomic E-state index is 0.257. The van der Waals surface area contributed by atoms with E-state index in [1.807, 2.05) is 0 Å². The number of para-hydroxylation sites is 1. The standard InChI is InChI=1S/C10H12N4O3/c1-14-10(11-12-13-14)17-9-7(15-2)5-4-6-8(9)16-3/h4-6H,1-3H3. The summed E-state index contributed by atoms with van der Waals surface area (Å²) in [7, 11) is 4.78. The van der Waals surface area contributed by atoms with Crippen molar-refractivity contribution in [3.63, 3.8) is 0 Å². The van der Waals surface area contributed by atoms with Crippen LogP contribution < -0.4 is 14.2 Å². The molecule has 1 aromatic heterocycles. The lowest BCUT2D eigenvalue weighted by atomic mass is 10.3. The van der Waals surface area contributed by atoms with Gasteiger partial charge in [0.2, 0.25) is 5.75 Å². The summed E-state index contributed by atoms with van der Waals surface area (Å²) in [5, 5.41) is 10.9. The largest absolute Gasteiger partial charge is 0.493 e. The van der Waals surface area contributed by atoms with Crippen molar-refractivity contribution in [2.75, 3.05) is 14.2 Å². The van der Waals surface area contributed by atoms with Gasteiger partial charge < -0.3 is 14.2 Å². The zero-order chi connectivity index (χ0) is 12.3. The van der Waals surface area contributed by atoms with Crippen LogP contribution in [0.5, 0.6) is 23.3 Å². The van der Waals surface area contributed by atoms with Crippen LogP contribution in [0.2, 0.25) is 0 Å². The average Bonchev–Trinajstić information content (AvgIpc) is 2.75. The van der Waals surface area contributed by atoms with E-state index in [0.29, 0.717) is 17.2 Å². The van der Waals surface area contributed by atoms with Crippen molar-refractivity contribution in [3.8, 4) is 23.3 Å². The molecule has 0 amide bonds. The Balaban J connectivity index is 2.40. The van der Waals surface area contributed by atoms with E-state index >= 15 is 0 Å². The minimum atomic E-state index is 0.257. The average molecular weight is 236 g/mol. The second kappa shape index (κ2) is 4.69. The summed E-state index contributed by atoms with van der Waals surface area (Å²) in [5.41, 5.74) is 0. The monoisotopic (exact) mass is 236 g/mol. The number of methoxy groups -OCH3 is 2. The summed E-state index contributed by atoms with van der Waals surface area (Å²) in [5.74, 6) is 1.54. The third-order valence-electron chi connectivity index (χ3n) is 2.16. The number of hydrogen-bond donors (Lipinski definition) is 0. The van der Waals surface area contributed by atoms with Crippen LogP contribution in [0.1, 0.15) is 0 Å². The molecule has 2 rings (SSSR count). The van der Waals surface area contributed by atoms with Crippen LogP contribution in [0.4, 0.5) is 0 Å². The Labute approximate surface area is 97.9 Å². The molecule has 0 aliphatic carbocycles. The summed E-state index contributed by atoms with van der Waals surface area (Å²) < 4.78 is 17.4. The van der Waals surface area contributed by atoms with Crippen LogP contribution in [0.25, 0.3) is 0 Å². The van der Waals surface area contributed by atoms with E-state index in [2.05, 4.69) is 15.5 Å². The van der Waals surface area contributed by atoms with Crippen LogP contribution in [0.15, 0.2) is 18.2 Å². The summed E-state index contributed by atoms with van der Waals surface area (Å²) in [6.07, 6.45) is 0. The number of hydrogen-bond acceptors (Lipinski definition) is 6. The molecule has 0 bridgehead atoms. The van der Waals surface area contributed by atoms with Crippen LogP contribution in [-0.2, 0) is 7.05 Å². The molecule has 0 saturated heterocycles. The molecule has 90 valence electrons. The smallest absolute Gasteiger partial charge is 0.340 e. The molecule has 0 radical (unpaired) electrons. The van der Waals surface area contributed by atoms with Crippen molar-refractivity contribution >= 4 is 0 Å². The van der Waals surface area contributed by atoms with E-state index in [0.717, 1.165) is 0 Å². The van der Waals surface area contributed by atoms with Crippen molar-refractivity contribution in [3.05, 3.63) is 18.2 Å². The Hall–Kier alpha value is -2.31. The molecular weight excluding hydrogens is 224 g/mol. The van der Waals surface area contributed by atoms with E-state index in [-0.39, 0.29) is 6.01 Å². The lowest BCUT2D eigenvalue weighted by molar-refractivity contribution is 0.329. The highest BCUT2D eigenvalue weighted by atomic mass is 16.5. The SMILES string of the molecule is COc1cccc(OC)c1Oc1nnnn1C. The lowest BCUT2D eigenvalue weighted by Crippen LogP contribution is -1.99. The van der Waals surface area contributed by atoms with Gasteiger partial charge in [0.05, 0.1) is 14.2 Å². The predicted octanol–water partition coefficient (Wildman–Crippen LogP) is 1.02. The minimum Gasteiger partial charge on any atom is -0.493 e. The molecule has 0 fully saturated rings. The Morgan fingerprint density at radius 3 is 2.24 bits per heavy atom. The first-order valence-corrected chi connectivity index (χ1v) is 4.87. The Morgan fingerprint density at radius 2 is 1.76 bits per heavy atom. The van der Waals surface area contributed by atoms with Crippen LogP contribution in [0, 0.1) is 0 Å². The van der Waals surface area contributed by atoms with E-state index < -0.39 is 0 Å². The molecule has 7 nitrogen and oxygen atoms in total. The quantitative estimate of drug-likeness (QED) is 0.789. The highest BCUT2D eigenvalue weighted by molar-refractivity contribution is 5.52. The van der Waals surface area contributed by atoms with Crippen molar-refractivity contribution in [2.45, 2.75) is 0 Å². The van der Waals surface area contributed by atoms with Gasteiger partial charge in [0.1, 0.15) is 0 Å². The maximum Gasteiger partial charge on any atom is 0.340 e. The highest BCUT2D eigenvalue weighted by Crippen LogP contribution is 2.38. The second-order valence-electron chi connectivity index (χ2n) is 3.18. The van der Waals surface area contributed by atoms with Crippen LogP contribution in [0.3, 0.4) is 0 Å². The van der Waals surface area contributed by atoms with Crippen LogP contribution >= 0.6 is 0 Å². The fourth-order valence-corrected chi connectivity index (χ4v) is 1.32. The molecule has 2 aromatic rings. The molecule has 0 aliphatic rings. The van der Waals surface area contributed by atoms with Crippen LogP contribution in [-0.4, -0.2) is 34.4 Å². The third-order valence-corrected chi connectivity index (χ3v) is 2.16. The molecule has 0 saturated carbocycles. The number of aromatic nitrogens is 4. The van der Waals surface area contributed by atoms with Crippen molar-refractivity contribution in [2.24, 2.45) is 7.05 Å². The zero-order valence-corrected chi connectivity index (χ0v) is 9.75. The molecule has 1 heterocycles. The number of benzene rings is 1. The first-order valence-electron chi connectivity index (χ1n) is 4.87. The van der Waals surface area contributed by atoms with E-state index in [4.69, 9.17) is 14.2 Å². The van der Waals surface area contributed by atoms with Gasteiger partial charge in [-0.25, -0.2) is 0 Å². The van der Waals surface area contributed by atoms with Gasteiger partial charge >= 0.3 is 6.01 Å². The van der Waals surface area contributed by atoms with Gasteiger partial charge in [0.15, 0.2) is 11.5 Å². The number of nitrogens with zero attached hydrogens (tertiary/aromatic N) is 4. The molecule has 17 heavy (non-hydrogen) atoms. The Bertz CT molecular complexity index is 490. The highest BCUT2D eigenvalue weighted by Gasteiger charge is 2.15. The van der Waals surface area contributed by atoms with Gasteiger partial charge in [-0.2, -0.15) is 4.68 Å². The number of aryl methyl sites for hydroxylation is 1. The van der Waals surface area contributed by atoms with Gasteiger partial charge in [0, 0.05) is 7.05 Å². The summed E-state index contributed by atoms with van der Waals surface area (Å²) in [6.45, 7) is 0. The fraction of sp³-hybridized carbons (Fsp3) is 0.300. The number of tetrazole rings is 1. The number of ether oxygens (including phenoxy) is 3. The predicted molar refractivity (Wildman–Crippen MR) is 58.4 cm³/mol. The maximum atomic E-state index is 5.57. The molecular formula is C10H12N4O3. The van der Waals surface area contributed by atoms with Gasteiger partial charge in [-0.05, 0) is 22.6 Å². The summed E-state index contributed by atoms with van der Waals surface area (Å²) in [4.78, 5) is 0. The van der Waals surface area contributed by atoms with Crippen molar-refractivity contribution in [1.82, 2.24) is 20.2 Å².